The second kappa shape index (κ2) is 5.94. The van der Waals surface area contributed by atoms with Crippen molar-refractivity contribution in [3.63, 3.8) is 0 Å². The van der Waals surface area contributed by atoms with Crippen molar-refractivity contribution in [1.82, 2.24) is 5.32 Å². The number of rotatable bonds is 2. The van der Waals surface area contributed by atoms with E-state index in [1.165, 1.54) is 0 Å². The van der Waals surface area contributed by atoms with E-state index in [-0.39, 0.29) is 6.54 Å². The zero-order valence-corrected chi connectivity index (χ0v) is 10.6. The Labute approximate surface area is 110 Å². The van der Waals surface area contributed by atoms with Crippen molar-refractivity contribution >= 4 is 29.3 Å². The average molecular weight is 265 g/mol. The number of amides is 2. The van der Waals surface area contributed by atoms with Gasteiger partial charge < -0.3 is 11.1 Å². The second-order valence-corrected chi connectivity index (χ2v) is 3.90. The van der Waals surface area contributed by atoms with Crippen molar-refractivity contribution in [3.8, 4) is 12.3 Å². The number of benzene rings is 1. The lowest BCUT2D eigenvalue weighted by Gasteiger charge is -2.23. The minimum atomic E-state index is -0.586. The van der Waals surface area contributed by atoms with Crippen LogP contribution in [0.4, 0.5) is 10.5 Å². The monoisotopic (exact) mass is 264 g/mol. The van der Waals surface area contributed by atoms with Gasteiger partial charge in [0.2, 0.25) is 5.96 Å². The Morgan fingerprint density at radius 2 is 2.33 bits per heavy atom. The first kappa shape index (κ1) is 13.9. The van der Waals surface area contributed by atoms with Crippen LogP contribution in [0, 0.1) is 24.7 Å². The molecule has 0 aliphatic carbocycles. The molecule has 0 saturated carbocycles. The number of carbonyl (C=O) groups is 1. The predicted molar refractivity (Wildman–Crippen MR) is 72.8 cm³/mol. The molecule has 0 fully saturated rings. The first-order chi connectivity index (χ1) is 8.49. The molecular weight excluding hydrogens is 252 g/mol. The van der Waals surface area contributed by atoms with E-state index in [1.807, 2.05) is 0 Å². The quantitative estimate of drug-likeness (QED) is 0.432. The minimum absolute atomic E-state index is 0.0477. The number of urea groups is 1. The highest BCUT2D eigenvalue weighted by atomic mass is 35.5. The maximum atomic E-state index is 11.9. The van der Waals surface area contributed by atoms with Gasteiger partial charge in [0, 0.05) is 0 Å². The molecule has 0 saturated heterocycles. The number of guanidine groups is 1. The lowest BCUT2D eigenvalue weighted by atomic mass is 10.2. The van der Waals surface area contributed by atoms with Crippen LogP contribution < -0.4 is 16.0 Å². The summed E-state index contributed by atoms with van der Waals surface area (Å²) in [6, 6.07) is 4.55. The molecule has 6 heteroatoms. The standard InChI is InChI=1S/C12H13ClN4O/c1-3-7-16-12(18)17(11(14)15)10-8(2)5-4-6-9(10)13/h1,4-6H,7H2,2H3,(H3,14,15)(H,16,18). The number of hydrogen-bond donors (Lipinski definition) is 3. The molecule has 0 radical (unpaired) electrons. The largest absolute Gasteiger partial charge is 0.369 e. The molecule has 0 bridgehead atoms. The number of halogens is 1. The Morgan fingerprint density at radius 1 is 1.67 bits per heavy atom. The van der Waals surface area contributed by atoms with Crippen LogP contribution in [0.5, 0.6) is 0 Å². The summed E-state index contributed by atoms with van der Waals surface area (Å²) in [7, 11) is 0. The van der Waals surface area contributed by atoms with Crippen LogP contribution in [0.3, 0.4) is 0 Å². The molecular formula is C12H13ClN4O. The van der Waals surface area contributed by atoms with E-state index in [0.717, 1.165) is 10.5 Å². The SMILES string of the molecule is C#CCNC(=O)N(C(=N)N)c1c(C)cccc1Cl. The van der Waals surface area contributed by atoms with Crippen LogP contribution in [0.1, 0.15) is 5.56 Å². The van der Waals surface area contributed by atoms with Crippen molar-refractivity contribution in [1.29, 1.82) is 5.41 Å². The first-order valence-corrected chi connectivity index (χ1v) is 5.47. The van der Waals surface area contributed by atoms with Gasteiger partial charge in [-0.15, -0.1) is 6.42 Å². The molecule has 4 N–H and O–H groups in total. The Morgan fingerprint density at radius 3 is 2.83 bits per heavy atom. The highest BCUT2D eigenvalue weighted by molar-refractivity contribution is 6.35. The van der Waals surface area contributed by atoms with Crippen LogP contribution in [0.25, 0.3) is 0 Å². The van der Waals surface area contributed by atoms with E-state index in [4.69, 9.17) is 29.2 Å². The van der Waals surface area contributed by atoms with Crippen molar-refractivity contribution in [2.24, 2.45) is 5.73 Å². The van der Waals surface area contributed by atoms with Gasteiger partial charge >= 0.3 is 6.03 Å². The Hall–Kier alpha value is -2.19. The number of carbonyl (C=O) groups excluding carboxylic acids is 1. The van der Waals surface area contributed by atoms with Crippen molar-refractivity contribution in [2.45, 2.75) is 6.92 Å². The van der Waals surface area contributed by atoms with Gasteiger partial charge in [-0.25, -0.2) is 9.69 Å². The summed E-state index contributed by atoms with van der Waals surface area (Å²) in [6.07, 6.45) is 5.06. The lowest BCUT2D eigenvalue weighted by Crippen LogP contribution is -2.47. The molecule has 1 aromatic rings. The third-order valence-electron chi connectivity index (χ3n) is 2.20. The predicted octanol–water partition coefficient (Wildman–Crippen LogP) is 1.69. The molecule has 1 aromatic carbocycles. The van der Waals surface area contributed by atoms with E-state index in [2.05, 4.69) is 11.2 Å². The molecule has 0 heterocycles. The Balaban J connectivity index is 3.18. The maximum Gasteiger partial charge on any atom is 0.329 e. The van der Waals surface area contributed by atoms with Gasteiger partial charge in [-0.3, -0.25) is 5.41 Å². The van der Waals surface area contributed by atoms with Gasteiger partial charge in [0.1, 0.15) is 0 Å². The van der Waals surface area contributed by atoms with E-state index in [0.29, 0.717) is 10.7 Å². The van der Waals surface area contributed by atoms with Crippen LogP contribution in [0.15, 0.2) is 18.2 Å². The van der Waals surface area contributed by atoms with Gasteiger partial charge in [0.15, 0.2) is 0 Å². The van der Waals surface area contributed by atoms with Crippen LogP contribution in [-0.2, 0) is 0 Å². The average Bonchev–Trinajstić information content (AvgIpc) is 2.30. The highest BCUT2D eigenvalue weighted by Crippen LogP contribution is 2.29. The number of nitrogens with zero attached hydrogens (tertiary/aromatic N) is 1. The molecule has 0 spiro atoms. The number of aryl methyl sites for hydroxylation is 1. The Kier molecular flexibility index (Phi) is 4.58. The molecule has 0 aliphatic rings. The Bertz CT molecular complexity index is 501. The van der Waals surface area contributed by atoms with Gasteiger partial charge in [-0.1, -0.05) is 29.7 Å². The van der Waals surface area contributed by atoms with Gasteiger partial charge in [0.05, 0.1) is 17.3 Å². The van der Waals surface area contributed by atoms with Crippen LogP contribution >= 0.6 is 11.6 Å². The molecule has 0 aliphatic heterocycles. The summed E-state index contributed by atoms with van der Waals surface area (Å²) in [5.74, 6) is 1.84. The summed E-state index contributed by atoms with van der Waals surface area (Å²) in [6.45, 7) is 1.82. The smallest absolute Gasteiger partial charge is 0.329 e. The van der Waals surface area contributed by atoms with Gasteiger partial charge in [-0.2, -0.15) is 0 Å². The van der Waals surface area contributed by atoms with Crippen LogP contribution in [0.2, 0.25) is 5.02 Å². The minimum Gasteiger partial charge on any atom is -0.369 e. The van der Waals surface area contributed by atoms with Crippen molar-refractivity contribution in [2.75, 3.05) is 11.4 Å². The molecule has 1 rings (SSSR count). The fourth-order valence-corrected chi connectivity index (χ4v) is 1.75. The fraction of sp³-hybridized carbons (Fsp3) is 0.167. The zero-order chi connectivity index (χ0) is 13.7. The van der Waals surface area contributed by atoms with Crippen LogP contribution in [-0.4, -0.2) is 18.5 Å². The summed E-state index contributed by atoms with van der Waals surface area (Å²) >= 11 is 6.03. The first-order valence-electron chi connectivity index (χ1n) is 5.09. The van der Waals surface area contributed by atoms with E-state index in [1.54, 1.807) is 25.1 Å². The third-order valence-corrected chi connectivity index (χ3v) is 2.50. The summed E-state index contributed by atoms with van der Waals surface area (Å²) < 4.78 is 0. The van der Waals surface area contributed by atoms with Crippen molar-refractivity contribution in [3.05, 3.63) is 28.8 Å². The van der Waals surface area contributed by atoms with Gasteiger partial charge in [0.25, 0.3) is 0 Å². The topological polar surface area (TPSA) is 82.2 Å². The molecule has 0 aromatic heterocycles. The van der Waals surface area contributed by atoms with Gasteiger partial charge in [-0.05, 0) is 18.6 Å². The third kappa shape index (κ3) is 2.93. The number of anilines is 1. The molecule has 18 heavy (non-hydrogen) atoms. The van der Waals surface area contributed by atoms with Crippen molar-refractivity contribution < 1.29 is 4.79 Å². The summed E-state index contributed by atoms with van der Waals surface area (Å²) in [4.78, 5) is 12.9. The number of para-hydroxylation sites is 1. The number of nitrogens with two attached hydrogens (primary N) is 1. The second-order valence-electron chi connectivity index (χ2n) is 3.49. The number of hydrogen-bond acceptors (Lipinski definition) is 2. The highest BCUT2D eigenvalue weighted by Gasteiger charge is 2.22. The van der Waals surface area contributed by atoms with E-state index >= 15 is 0 Å². The molecule has 94 valence electrons. The normalized spacial score (nSPS) is 9.39. The summed E-state index contributed by atoms with van der Waals surface area (Å²) in [5, 5.41) is 10.3. The number of nitrogens with one attached hydrogen (secondary N) is 2. The summed E-state index contributed by atoms with van der Waals surface area (Å²) in [5.41, 5.74) is 6.52. The lowest BCUT2D eigenvalue weighted by molar-refractivity contribution is 0.250. The molecule has 0 atom stereocenters. The van der Waals surface area contributed by atoms with E-state index < -0.39 is 12.0 Å². The molecule has 0 unspecified atom stereocenters. The zero-order valence-electron chi connectivity index (χ0n) is 9.83. The van der Waals surface area contributed by atoms with E-state index in [9.17, 15) is 4.79 Å². The fourth-order valence-electron chi connectivity index (χ4n) is 1.44. The molecule has 2 amide bonds. The molecule has 5 nitrogen and oxygen atoms in total. The number of terminal acetylenes is 1. The maximum absolute atomic E-state index is 11.9.